The highest BCUT2D eigenvalue weighted by atomic mass is 32.2. The number of rotatable bonds is 10. The molecule has 0 aliphatic carbocycles. The second-order valence-corrected chi connectivity index (χ2v) is 13.0. The van der Waals surface area contributed by atoms with E-state index < -0.39 is 32.5 Å². The lowest BCUT2D eigenvalue weighted by Gasteiger charge is -2.30. The van der Waals surface area contributed by atoms with Crippen LogP contribution in [0.2, 0.25) is 0 Å². The van der Waals surface area contributed by atoms with Crippen LogP contribution in [0.15, 0.2) is 59.5 Å². The Bertz CT molecular complexity index is 1160. The fourth-order valence-corrected chi connectivity index (χ4v) is 5.43. The highest BCUT2D eigenvalue weighted by molar-refractivity contribution is 7.92. The largest absolute Gasteiger partial charge is 0.352 e. The van der Waals surface area contributed by atoms with Gasteiger partial charge in [0.1, 0.15) is 6.54 Å². The first-order valence-electron chi connectivity index (χ1n) is 10.5. The number of nitrogens with zero attached hydrogens (tertiary/aromatic N) is 2. The number of amides is 1. The van der Waals surface area contributed by atoms with Crippen LogP contribution in [0, 0.1) is 0 Å². The van der Waals surface area contributed by atoms with Crippen molar-refractivity contribution in [1.82, 2.24) is 9.62 Å². The Morgan fingerprint density at radius 1 is 0.970 bits per heavy atom. The zero-order chi connectivity index (χ0) is 25.0. The van der Waals surface area contributed by atoms with Gasteiger partial charge in [-0.3, -0.25) is 9.10 Å². The molecular formula is C23H33N3O5S2. The number of nitrogens with one attached hydrogen (secondary N) is 1. The standard InChI is InChI=1S/C23H33N3O5S2/c1-18(16-23(2,3)19-10-8-7-9-11-19)24-22(27)17-26(32(6,28)29)20-12-14-21(15-13-20)33(30,31)25(4)5/h7-15,18H,16-17H2,1-6H3,(H,24,27). The third-order valence-electron chi connectivity index (χ3n) is 5.37. The molecule has 0 aliphatic rings. The molecule has 0 aromatic heterocycles. The minimum atomic E-state index is -3.78. The molecule has 1 atom stereocenters. The van der Waals surface area contributed by atoms with Crippen LogP contribution in [0.5, 0.6) is 0 Å². The van der Waals surface area contributed by atoms with Crippen LogP contribution in [0.25, 0.3) is 0 Å². The Balaban J connectivity index is 2.14. The van der Waals surface area contributed by atoms with Crippen LogP contribution >= 0.6 is 0 Å². The summed E-state index contributed by atoms with van der Waals surface area (Å²) in [4.78, 5) is 12.7. The SMILES string of the molecule is CC(CC(C)(C)c1ccccc1)NC(=O)CN(c1ccc(S(=O)(=O)N(C)C)cc1)S(C)(=O)=O. The van der Waals surface area contributed by atoms with E-state index >= 15 is 0 Å². The van der Waals surface area contributed by atoms with E-state index in [1.54, 1.807) is 0 Å². The molecule has 182 valence electrons. The summed E-state index contributed by atoms with van der Waals surface area (Å²) in [6.45, 7) is 5.66. The van der Waals surface area contributed by atoms with Crippen molar-refractivity contribution in [2.24, 2.45) is 0 Å². The van der Waals surface area contributed by atoms with E-state index in [-0.39, 0.29) is 22.0 Å². The van der Waals surface area contributed by atoms with Gasteiger partial charge >= 0.3 is 0 Å². The summed E-state index contributed by atoms with van der Waals surface area (Å²) >= 11 is 0. The monoisotopic (exact) mass is 495 g/mol. The molecule has 8 nitrogen and oxygen atoms in total. The summed E-state index contributed by atoms with van der Waals surface area (Å²) in [6, 6.07) is 15.2. The van der Waals surface area contributed by atoms with E-state index in [1.165, 1.54) is 38.4 Å². The van der Waals surface area contributed by atoms with Gasteiger partial charge in [-0.15, -0.1) is 0 Å². The zero-order valence-electron chi connectivity index (χ0n) is 19.9. The van der Waals surface area contributed by atoms with Gasteiger partial charge in [0, 0.05) is 20.1 Å². The van der Waals surface area contributed by atoms with Gasteiger partial charge < -0.3 is 5.32 Å². The molecule has 0 radical (unpaired) electrons. The molecule has 1 N–H and O–H groups in total. The summed E-state index contributed by atoms with van der Waals surface area (Å²) < 4.78 is 51.3. The smallest absolute Gasteiger partial charge is 0.242 e. The average Bonchev–Trinajstić information content (AvgIpc) is 2.71. The second-order valence-electron chi connectivity index (χ2n) is 8.97. The maximum absolute atomic E-state index is 12.7. The van der Waals surface area contributed by atoms with Gasteiger partial charge in [0.25, 0.3) is 0 Å². The maximum Gasteiger partial charge on any atom is 0.242 e. The first kappa shape index (κ1) is 26.8. The normalized spacial score (nSPS) is 13.5. The molecule has 0 fully saturated rings. The minimum absolute atomic E-state index is 0.0333. The molecule has 0 saturated carbocycles. The molecule has 1 amide bonds. The van der Waals surface area contributed by atoms with Gasteiger partial charge in [-0.2, -0.15) is 0 Å². The fraction of sp³-hybridized carbons (Fsp3) is 0.435. The predicted molar refractivity (Wildman–Crippen MR) is 131 cm³/mol. The third kappa shape index (κ3) is 7.02. The number of anilines is 1. The van der Waals surface area contributed by atoms with E-state index in [4.69, 9.17) is 0 Å². The molecule has 2 aromatic carbocycles. The van der Waals surface area contributed by atoms with Crippen LogP contribution in [-0.4, -0.2) is 60.0 Å². The number of hydrogen-bond donors (Lipinski definition) is 1. The third-order valence-corrected chi connectivity index (χ3v) is 8.34. The molecule has 0 heterocycles. The van der Waals surface area contributed by atoms with Crippen molar-refractivity contribution < 1.29 is 21.6 Å². The first-order valence-corrected chi connectivity index (χ1v) is 13.8. The Morgan fingerprint density at radius 3 is 2.00 bits per heavy atom. The Labute approximate surface area is 197 Å². The summed E-state index contributed by atoms with van der Waals surface area (Å²) in [7, 11) is -4.60. The molecule has 0 bridgehead atoms. The van der Waals surface area contributed by atoms with E-state index in [2.05, 4.69) is 19.2 Å². The lowest BCUT2D eigenvalue weighted by atomic mass is 9.79. The van der Waals surface area contributed by atoms with Gasteiger partial charge in [-0.1, -0.05) is 44.2 Å². The Morgan fingerprint density at radius 2 is 1.52 bits per heavy atom. The quantitative estimate of drug-likeness (QED) is 0.546. The number of hydrogen-bond acceptors (Lipinski definition) is 5. The Kier molecular flexibility index (Phi) is 8.32. The van der Waals surface area contributed by atoms with Crippen molar-refractivity contribution in [2.75, 3.05) is 31.2 Å². The Hall–Kier alpha value is -2.43. The van der Waals surface area contributed by atoms with Crippen LogP contribution < -0.4 is 9.62 Å². The molecule has 0 saturated heterocycles. The van der Waals surface area contributed by atoms with E-state index in [9.17, 15) is 21.6 Å². The van der Waals surface area contributed by atoms with E-state index in [0.717, 1.165) is 20.4 Å². The van der Waals surface area contributed by atoms with Gasteiger partial charge in [-0.05, 0) is 48.6 Å². The molecule has 0 spiro atoms. The van der Waals surface area contributed by atoms with Crippen molar-refractivity contribution >= 4 is 31.6 Å². The van der Waals surface area contributed by atoms with Gasteiger partial charge in [0.15, 0.2) is 0 Å². The molecule has 0 aliphatic heterocycles. The van der Waals surface area contributed by atoms with Crippen LogP contribution in [0.1, 0.15) is 32.8 Å². The molecule has 1 unspecified atom stereocenters. The molecule has 33 heavy (non-hydrogen) atoms. The van der Waals surface area contributed by atoms with Crippen molar-refractivity contribution in [3.63, 3.8) is 0 Å². The summed E-state index contributed by atoms with van der Waals surface area (Å²) in [5.74, 6) is -0.443. The van der Waals surface area contributed by atoms with Crippen molar-refractivity contribution in [1.29, 1.82) is 0 Å². The number of carbonyl (C=O) groups excluding carboxylic acids is 1. The van der Waals surface area contributed by atoms with Crippen molar-refractivity contribution in [3.05, 3.63) is 60.2 Å². The van der Waals surface area contributed by atoms with Gasteiger partial charge in [-0.25, -0.2) is 21.1 Å². The fourth-order valence-electron chi connectivity index (χ4n) is 3.67. The minimum Gasteiger partial charge on any atom is -0.352 e. The summed E-state index contributed by atoms with van der Waals surface area (Å²) in [5, 5.41) is 2.88. The lowest BCUT2D eigenvalue weighted by molar-refractivity contribution is -0.120. The average molecular weight is 496 g/mol. The van der Waals surface area contributed by atoms with Gasteiger partial charge in [0.2, 0.25) is 26.0 Å². The maximum atomic E-state index is 12.7. The predicted octanol–water partition coefficient (Wildman–Crippen LogP) is 2.58. The van der Waals surface area contributed by atoms with Crippen LogP contribution in [0.4, 0.5) is 5.69 Å². The molecule has 10 heteroatoms. The topological polar surface area (TPSA) is 104 Å². The second kappa shape index (κ2) is 10.2. The van der Waals surface area contributed by atoms with E-state index in [1.807, 2.05) is 37.3 Å². The van der Waals surface area contributed by atoms with Crippen LogP contribution in [0.3, 0.4) is 0 Å². The van der Waals surface area contributed by atoms with Crippen molar-refractivity contribution in [3.8, 4) is 0 Å². The molecule has 2 rings (SSSR count). The highest BCUT2D eigenvalue weighted by Gasteiger charge is 2.26. The zero-order valence-corrected chi connectivity index (χ0v) is 21.6. The van der Waals surface area contributed by atoms with E-state index in [0.29, 0.717) is 6.42 Å². The first-order chi connectivity index (χ1) is 15.1. The molecule has 2 aromatic rings. The number of carbonyl (C=O) groups is 1. The highest BCUT2D eigenvalue weighted by Crippen LogP contribution is 2.28. The van der Waals surface area contributed by atoms with Crippen molar-refractivity contribution in [2.45, 2.75) is 43.5 Å². The lowest BCUT2D eigenvalue weighted by Crippen LogP contribution is -2.44. The van der Waals surface area contributed by atoms with Gasteiger partial charge in [0.05, 0.1) is 16.8 Å². The number of benzene rings is 2. The molecular weight excluding hydrogens is 462 g/mol. The number of sulfonamides is 2. The summed E-state index contributed by atoms with van der Waals surface area (Å²) in [6.07, 6.45) is 1.67. The van der Waals surface area contributed by atoms with Crippen LogP contribution in [-0.2, 0) is 30.3 Å². The summed E-state index contributed by atoms with van der Waals surface area (Å²) in [5.41, 5.74) is 1.18.